The molecule has 1 atom stereocenters. The van der Waals surface area contributed by atoms with Crippen molar-refractivity contribution in [3.8, 4) is 0 Å². The van der Waals surface area contributed by atoms with Crippen molar-refractivity contribution >= 4 is 23.2 Å². The first-order chi connectivity index (χ1) is 12.7. The van der Waals surface area contributed by atoms with E-state index >= 15 is 0 Å². The van der Waals surface area contributed by atoms with Gasteiger partial charge < -0.3 is 11.1 Å². The number of nitrogens with zero attached hydrogens (tertiary/aromatic N) is 3. The van der Waals surface area contributed by atoms with Crippen LogP contribution >= 0.6 is 11.3 Å². The topological polar surface area (TPSA) is 84.1 Å². The van der Waals surface area contributed by atoms with E-state index in [1.807, 2.05) is 0 Å². The van der Waals surface area contributed by atoms with E-state index in [9.17, 15) is 4.79 Å². The van der Waals surface area contributed by atoms with E-state index in [-0.39, 0.29) is 17.9 Å². The van der Waals surface area contributed by atoms with Crippen molar-refractivity contribution in [3.05, 3.63) is 39.3 Å². The lowest BCUT2D eigenvalue weighted by Crippen LogP contribution is -2.47. The molecular weight excluding hydrogens is 346 g/mol. The number of nitrogens with one attached hydrogen (secondary N) is 1. The molecule has 1 aliphatic heterocycles. The highest BCUT2D eigenvalue weighted by Crippen LogP contribution is 2.23. The quantitative estimate of drug-likeness (QED) is 0.862. The first-order valence-corrected chi connectivity index (χ1v) is 10.3. The summed E-state index contributed by atoms with van der Waals surface area (Å²) < 4.78 is 0. The minimum absolute atomic E-state index is 0.0970. The van der Waals surface area contributed by atoms with Gasteiger partial charge in [-0.25, -0.2) is 9.97 Å². The third-order valence-corrected chi connectivity index (χ3v) is 6.08. The lowest BCUT2D eigenvalue weighted by atomic mass is 9.94. The SMILES string of the molecule is Nc1nc2c(c(C(=O)NC3CCCN(Cc4cccs4)C3)n1)CCCC2. The van der Waals surface area contributed by atoms with Crippen LogP contribution < -0.4 is 11.1 Å². The Balaban J connectivity index is 1.44. The largest absolute Gasteiger partial charge is 0.368 e. The fourth-order valence-electron chi connectivity index (χ4n) is 3.99. The van der Waals surface area contributed by atoms with Crippen LogP contribution in [0.1, 0.15) is 52.3 Å². The maximum absolute atomic E-state index is 12.9. The Morgan fingerprint density at radius 2 is 2.19 bits per heavy atom. The zero-order valence-electron chi connectivity index (χ0n) is 14.9. The highest BCUT2D eigenvalue weighted by atomic mass is 32.1. The van der Waals surface area contributed by atoms with E-state index in [0.717, 1.165) is 69.4 Å². The van der Waals surface area contributed by atoms with Gasteiger partial charge in [-0.1, -0.05) is 6.07 Å². The Bertz CT molecular complexity index is 776. The maximum atomic E-state index is 12.9. The highest BCUT2D eigenvalue weighted by molar-refractivity contribution is 7.09. The maximum Gasteiger partial charge on any atom is 0.270 e. The van der Waals surface area contributed by atoms with Crippen LogP contribution in [-0.2, 0) is 19.4 Å². The third-order valence-electron chi connectivity index (χ3n) is 5.22. The monoisotopic (exact) mass is 371 g/mol. The van der Waals surface area contributed by atoms with Crippen LogP contribution in [0.25, 0.3) is 0 Å². The Morgan fingerprint density at radius 3 is 3.04 bits per heavy atom. The molecule has 0 saturated carbocycles. The van der Waals surface area contributed by atoms with Crippen molar-refractivity contribution in [2.75, 3.05) is 18.8 Å². The predicted octanol–water partition coefficient (Wildman–Crippen LogP) is 2.39. The van der Waals surface area contributed by atoms with Crippen molar-refractivity contribution in [3.63, 3.8) is 0 Å². The molecule has 2 aromatic rings. The summed E-state index contributed by atoms with van der Waals surface area (Å²) >= 11 is 1.79. The summed E-state index contributed by atoms with van der Waals surface area (Å²) in [5, 5.41) is 5.31. The molecule has 1 amide bonds. The number of anilines is 1. The number of aryl methyl sites for hydroxylation is 1. The summed E-state index contributed by atoms with van der Waals surface area (Å²) in [5.74, 6) is 0.110. The van der Waals surface area contributed by atoms with Gasteiger partial charge in [-0.2, -0.15) is 0 Å². The molecule has 138 valence electrons. The molecule has 0 radical (unpaired) electrons. The van der Waals surface area contributed by atoms with E-state index in [4.69, 9.17) is 5.73 Å². The number of amides is 1. The standard InChI is InChI=1S/C19H25N5OS/c20-19-22-16-8-2-1-7-15(16)17(23-19)18(25)21-13-5-3-9-24(11-13)12-14-6-4-10-26-14/h4,6,10,13H,1-3,5,7-9,11-12H2,(H,21,25)(H2,20,22,23). The zero-order chi connectivity index (χ0) is 17.9. The molecule has 0 bridgehead atoms. The van der Waals surface area contributed by atoms with Gasteiger partial charge in [-0.05, 0) is 56.5 Å². The van der Waals surface area contributed by atoms with Crippen LogP contribution in [0, 0.1) is 0 Å². The summed E-state index contributed by atoms with van der Waals surface area (Å²) in [6.07, 6.45) is 6.05. The predicted molar refractivity (Wildman–Crippen MR) is 103 cm³/mol. The molecule has 7 heteroatoms. The van der Waals surface area contributed by atoms with Crippen molar-refractivity contribution < 1.29 is 4.79 Å². The van der Waals surface area contributed by atoms with Gasteiger partial charge >= 0.3 is 0 Å². The number of carbonyl (C=O) groups excluding carboxylic acids is 1. The number of thiophene rings is 1. The second-order valence-corrected chi connectivity index (χ2v) is 8.22. The Morgan fingerprint density at radius 1 is 1.31 bits per heavy atom. The molecule has 3 N–H and O–H groups in total. The first-order valence-electron chi connectivity index (χ1n) is 9.40. The lowest BCUT2D eigenvalue weighted by Gasteiger charge is -2.33. The Labute approximate surface area is 157 Å². The van der Waals surface area contributed by atoms with E-state index in [1.54, 1.807) is 11.3 Å². The fourth-order valence-corrected chi connectivity index (χ4v) is 4.74. The number of carbonyl (C=O) groups is 1. The van der Waals surface area contributed by atoms with E-state index < -0.39 is 0 Å². The summed E-state index contributed by atoms with van der Waals surface area (Å²) in [6, 6.07) is 4.42. The van der Waals surface area contributed by atoms with Crippen LogP contribution in [0.5, 0.6) is 0 Å². The van der Waals surface area contributed by atoms with Gasteiger partial charge in [0.2, 0.25) is 5.95 Å². The number of likely N-dealkylation sites (tertiary alicyclic amines) is 1. The van der Waals surface area contributed by atoms with Gasteiger partial charge in [0.1, 0.15) is 5.69 Å². The van der Waals surface area contributed by atoms with Gasteiger partial charge in [0, 0.05) is 35.3 Å². The van der Waals surface area contributed by atoms with Gasteiger partial charge in [-0.15, -0.1) is 11.3 Å². The Hall–Kier alpha value is -1.99. The van der Waals surface area contributed by atoms with E-state index in [2.05, 4.69) is 37.7 Å². The van der Waals surface area contributed by atoms with Crippen LogP contribution in [0.3, 0.4) is 0 Å². The average molecular weight is 372 g/mol. The summed E-state index contributed by atoms with van der Waals surface area (Å²) in [5.41, 5.74) is 8.28. The first kappa shape index (κ1) is 17.4. The molecule has 1 fully saturated rings. The molecule has 3 heterocycles. The lowest BCUT2D eigenvalue weighted by molar-refractivity contribution is 0.0894. The van der Waals surface area contributed by atoms with E-state index in [1.165, 1.54) is 4.88 Å². The molecule has 1 unspecified atom stereocenters. The molecule has 4 rings (SSSR count). The number of nitrogens with two attached hydrogens (primary N) is 1. The molecule has 2 aliphatic rings. The third kappa shape index (κ3) is 3.88. The molecule has 6 nitrogen and oxygen atoms in total. The van der Waals surface area contributed by atoms with Crippen molar-refractivity contribution in [2.24, 2.45) is 0 Å². The average Bonchev–Trinajstić information content (AvgIpc) is 3.14. The molecule has 0 spiro atoms. The summed E-state index contributed by atoms with van der Waals surface area (Å²) in [6.45, 7) is 2.92. The van der Waals surface area contributed by atoms with Gasteiger partial charge in [0.25, 0.3) is 5.91 Å². The van der Waals surface area contributed by atoms with Gasteiger partial charge in [0.05, 0.1) is 0 Å². The highest BCUT2D eigenvalue weighted by Gasteiger charge is 2.26. The second kappa shape index (κ2) is 7.72. The van der Waals surface area contributed by atoms with Gasteiger partial charge in [0.15, 0.2) is 0 Å². The zero-order valence-corrected chi connectivity index (χ0v) is 15.7. The smallest absolute Gasteiger partial charge is 0.270 e. The van der Waals surface area contributed by atoms with Crippen LogP contribution in [0.2, 0.25) is 0 Å². The van der Waals surface area contributed by atoms with Crippen molar-refractivity contribution in [1.82, 2.24) is 20.2 Å². The number of nitrogen functional groups attached to an aromatic ring is 1. The number of fused-ring (bicyclic) bond motifs is 1. The summed E-state index contributed by atoms with van der Waals surface area (Å²) in [4.78, 5) is 25.3. The Kier molecular flexibility index (Phi) is 5.17. The van der Waals surface area contributed by atoms with Crippen molar-refractivity contribution in [1.29, 1.82) is 0 Å². The summed E-state index contributed by atoms with van der Waals surface area (Å²) in [7, 11) is 0. The second-order valence-electron chi connectivity index (χ2n) is 7.19. The number of rotatable bonds is 4. The molecule has 2 aromatic heterocycles. The molecule has 1 saturated heterocycles. The number of piperidine rings is 1. The molecular formula is C19H25N5OS. The van der Waals surface area contributed by atoms with Crippen LogP contribution in [0.15, 0.2) is 17.5 Å². The number of aromatic nitrogens is 2. The molecule has 26 heavy (non-hydrogen) atoms. The molecule has 0 aromatic carbocycles. The number of hydrogen-bond acceptors (Lipinski definition) is 6. The number of hydrogen-bond donors (Lipinski definition) is 2. The minimum atomic E-state index is -0.0970. The van der Waals surface area contributed by atoms with Crippen LogP contribution in [0.4, 0.5) is 5.95 Å². The fraction of sp³-hybridized carbons (Fsp3) is 0.526. The molecule has 1 aliphatic carbocycles. The minimum Gasteiger partial charge on any atom is -0.368 e. The normalized spacial score (nSPS) is 20.5. The van der Waals surface area contributed by atoms with E-state index in [0.29, 0.717) is 5.69 Å². The van der Waals surface area contributed by atoms with Gasteiger partial charge in [-0.3, -0.25) is 9.69 Å². The van der Waals surface area contributed by atoms with Crippen molar-refractivity contribution in [2.45, 2.75) is 51.1 Å². The van der Waals surface area contributed by atoms with Crippen LogP contribution in [-0.4, -0.2) is 39.9 Å².